The number of nitrogens with two attached hydrogens (primary N) is 2. The van der Waals surface area contributed by atoms with E-state index >= 15 is 0 Å². The lowest BCUT2D eigenvalue weighted by Crippen LogP contribution is -2.45. The second-order valence-corrected chi connectivity index (χ2v) is 11.2. The van der Waals surface area contributed by atoms with Crippen molar-refractivity contribution in [1.82, 2.24) is 34.7 Å². The largest absolute Gasteiger partial charge is 0.385 e. The molecule has 1 saturated heterocycles. The van der Waals surface area contributed by atoms with Crippen LogP contribution in [0, 0.1) is 0 Å². The smallest absolute Gasteiger partial charge is 0.269 e. The van der Waals surface area contributed by atoms with Crippen LogP contribution in [0.4, 0.5) is 5.82 Å². The molecule has 206 valence electrons. The number of amidine groups is 1. The first kappa shape index (κ1) is 27.4. The summed E-state index contributed by atoms with van der Waals surface area (Å²) in [5, 5.41) is 17.0. The van der Waals surface area contributed by atoms with Crippen molar-refractivity contribution < 1.29 is 14.4 Å². The average molecular weight is 654 g/mol. The number of halogens is 1. The van der Waals surface area contributed by atoms with E-state index in [0.717, 1.165) is 17.4 Å². The molecule has 13 nitrogen and oxygen atoms in total. The van der Waals surface area contributed by atoms with E-state index in [1.165, 1.54) is 4.68 Å². The third kappa shape index (κ3) is 5.43. The van der Waals surface area contributed by atoms with Gasteiger partial charge in [-0.3, -0.25) is 19.0 Å². The zero-order valence-corrected chi connectivity index (χ0v) is 23.7. The molecule has 0 aliphatic carbocycles. The number of likely N-dealkylation sites (tertiary alicyclic amines) is 1. The highest BCUT2D eigenvalue weighted by Crippen LogP contribution is 2.28. The minimum Gasteiger partial charge on any atom is -0.385 e. The Kier molecular flexibility index (Phi) is 7.86. The van der Waals surface area contributed by atoms with Crippen molar-refractivity contribution in [3.63, 3.8) is 0 Å². The van der Waals surface area contributed by atoms with Crippen molar-refractivity contribution in [2.75, 3.05) is 6.54 Å². The van der Waals surface area contributed by atoms with E-state index in [1.54, 1.807) is 52.4 Å². The maximum Gasteiger partial charge on any atom is 0.269 e. The van der Waals surface area contributed by atoms with Crippen LogP contribution in [0.3, 0.4) is 0 Å². The summed E-state index contributed by atoms with van der Waals surface area (Å²) in [5.41, 5.74) is 14.3. The molecule has 2 amide bonds. The Balaban J connectivity index is 1.40. The average Bonchev–Trinajstić information content (AvgIpc) is 3.67. The van der Waals surface area contributed by atoms with Crippen molar-refractivity contribution in [2.45, 2.75) is 42.3 Å². The Morgan fingerprint density at radius 1 is 1.18 bits per heavy atom. The Hall–Kier alpha value is -4.21. The molecule has 0 radical (unpaired) electrons. The predicted molar refractivity (Wildman–Crippen MR) is 156 cm³/mol. The van der Waals surface area contributed by atoms with Gasteiger partial charge < -0.3 is 21.2 Å². The third-order valence-electron chi connectivity index (χ3n) is 6.85. The second-order valence-electron chi connectivity index (χ2n) is 9.43. The monoisotopic (exact) mass is 654 g/mol. The number of primary amides is 1. The highest BCUT2D eigenvalue weighted by atomic mass is 127. The van der Waals surface area contributed by atoms with Crippen molar-refractivity contribution in [2.24, 2.45) is 16.5 Å². The summed E-state index contributed by atoms with van der Waals surface area (Å²) in [6, 6.07) is 8.15. The van der Waals surface area contributed by atoms with E-state index < -0.39 is 11.9 Å². The second kappa shape index (κ2) is 11.5. The first-order valence-electron chi connectivity index (χ1n) is 12.6. The molecule has 0 saturated carbocycles. The molecule has 1 aliphatic rings. The Morgan fingerprint density at radius 2 is 2.00 bits per heavy atom. The molecule has 3 aromatic heterocycles. The Labute approximate surface area is 242 Å². The van der Waals surface area contributed by atoms with E-state index in [0.29, 0.717) is 36.1 Å². The number of nitrogens with zero attached hydrogens (tertiary/aromatic N) is 8. The van der Waals surface area contributed by atoms with E-state index in [9.17, 15) is 14.4 Å². The van der Waals surface area contributed by atoms with E-state index in [4.69, 9.17) is 11.5 Å². The number of rotatable bonds is 9. The quantitative estimate of drug-likeness (QED) is 0.0905. The van der Waals surface area contributed by atoms with E-state index in [1.807, 2.05) is 13.0 Å². The van der Waals surface area contributed by atoms with Crippen LogP contribution < -0.4 is 11.5 Å². The molecule has 40 heavy (non-hydrogen) atoms. The number of carbonyl (C=O) groups is 3. The van der Waals surface area contributed by atoms with Crippen molar-refractivity contribution in [3.8, 4) is 11.1 Å². The Bertz CT molecular complexity index is 1600. The third-order valence-corrected chi connectivity index (χ3v) is 7.75. The normalized spacial score (nSPS) is 18.2. The molecule has 14 heteroatoms. The minimum atomic E-state index is -0.691. The number of carbonyl (C=O) groups excluding carboxylic acids is 3. The van der Waals surface area contributed by atoms with Gasteiger partial charge in [0, 0.05) is 33.7 Å². The topological polar surface area (TPSA) is 180 Å². The number of benzene rings is 1. The highest BCUT2D eigenvalue weighted by molar-refractivity contribution is 14.1. The van der Waals surface area contributed by atoms with Gasteiger partial charge in [-0.05, 0) is 36.6 Å². The van der Waals surface area contributed by atoms with Gasteiger partial charge in [0.1, 0.15) is 24.7 Å². The summed E-state index contributed by atoms with van der Waals surface area (Å²) in [4.78, 5) is 43.2. The lowest BCUT2D eigenvalue weighted by Gasteiger charge is -2.24. The fourth-order valence-corrected chi connectivity index (χ4v) is 5.71. The van der Waals surface area contributed by atoms with Crippen molar-refractivity contribution >= 4 is 63.2 Å². The van der Waals surface area contributed by atoms with Gasteiger partial charge in [0.2, 0.25) is 5.91 Å². The lowest BCUT2D eigenvalue weighted by molar-refractivity contribution is -0.131. The fourth-order valence-electron chi connectivity index (χ4n) is 4.81. The molecule has 5 rings (SSSR count). The number of aliphatic imine (C=N–C) groups is 1. The molecule has 0 spiro atoms. The molecule has 4 N–H and O–H groups in total. The van der Waals surface area contributed by atoms with Crippen LogP contribution in [-0.2, 0) is 16.1 Å². The summed E-state index contributed by atoms with van der Waals surface area (Å²) in [7, 11) is 0. The predicted octanol–water partition coefficient (Wildman–Crippen LogP) is 2.03. The molecule has 3 atom stereocenters. The molecule has 4 aromatic rings. The van der Waals surface area contributed by atoms with Crippen LogP contribution in [0.15, 0.2) is 53.9 Å². The zero-order chi connectivity index (χ0) is 28.4. The number of aldehydes is 1. The van der Waals surface area contributed by atoms with Gasteiger partial charge in [-0.25, -0.2) is 4.99 Å². The molecule has 3 unspecified atom stereocenters. The summed E-state index contributed by atoms with van der Waals surface area (Å²) in [5.74, 6) is -0.284. The first-order valence-corrected chi connectivity index (χ1v) is 13.9. The SMILES string of the molecule is CCC(C=O)n1ccc(N=C(N)C2CC(I)CN2C(=O)Cn2nc(C(N)=O)c3cc(-c4ccnnc4)ccc32)n1. The summed E-state index contributed by atoms with van der Waals surface area (Å²) in [6.45, 7) is 2.27. The molecule has 0 bridgehead atoms. The number of hydrogen-bond acceptors (Lipinski definition) is 8. The van der Waals surface area contributed by atoms with Gasteiger partial charge in [0.15, 0.2) is 11.5 Å². The van der Waals surface area contributed by atoms with Crippen LogP contribution in [0.1, 0.15) is 36.3 Å². The number of hydrogen-bond donors (Lipinski definition) is 2. The van der Waals surface area contributed by atoms with Crippen molar-refractivity contribution in [1.29, 1.82) is 0 Å². The molecular formula is C26H27IN10O3. The van der Waals surface area contributed by atoms with Crippen LogP contribution in [0.25, 0.3) is 22.0 Å². The van der Waals surface area contributed by atoms with Crippen LogP contribution in [0.2, 0.25) is 0 Å². The van der Waals surface area contributed by atoms with E-state index in [-0.39, 0.29) is 33.9 Å². The first-order chi connectivity index (χ1) is 19.3. The van der Waals surface area contributed by atoms with Crippen molar-refractivity contribution in [3.05, 3.63) is 54.6 Å². The van der Waals surface area contributed by atoms with Crippen LogP contribution in [0.5, 0.6) is 0 Å². The van der Waals surface area contributed by atoms with Gasteiger partial charge in [-0.2, -0.15) is 20.4 Å². The van der Waals surface area contributed by atoms with Crippen LogP contribution in [-0.4, -0.2) is 75.1 Å². The molecule has 4 heterocycles. The maximum atomic E-state index is 13.6. The summed E-state index contributed by atoms with van der Waals surface area (Å²) < 4.78 is 3.21. The van der Waals surface area contributed by atoms with Gasteiger partial charge in [0.25, 0.3) is 5.91 Å². The van der Waals surface area contributed by atoms with Crippen LogP contribution >= 0.6 is 22.6 Å². The van der Waals surface area contributed by atoms with Gasteiger partial charge in [-0.15, -0.1) is 0 Å². The summed E-state index contributed by atoms with van der Waals surface area (Å²) >= 11 is 2.29. The van der Waals surface area contributed by atoms with Gasteiger partial charge in [0.05, 0.1) is 24.0 Å². The Morgan fingerprint density at radius 3 is 2.70 bits per heavy atom. The maximum absolute atomic E-state index is 13.6. The van der Waals surface area contributed by atoms with Gasteiger partial charge in [-0.1, -0.05) is 35.6 Å². The molecule has 1 fully saturated rings. The molecular weight excluding hydrogens is 627 g/mol. The fraction of sp³-hybridized carbons (Fsp3) is 0.308. The van der Waals surface area contributed by atoms with Gasteiger partial charge >= 0.3 is 0 Å². The minimum absolute atomic E-state index is 0.0776. The zero-order valence-electron chi connectivity index (χ0n) is 21.6. The molecule has 1 aromatic carbocycles. The highest BCUT2D eigenvalue weighted by Gasteiger charge is 2.37. The molecule has 1 aliphatic heterocycles. The number of amides is 2. The number of aromatic nitrogens is 6. The summed E-state index contributed by atoms with van der Waals surface area (Å²) in [6.07, 6.45) is 6.95. The van der Waals surface area contributed by atoms with E-state index in [2.05, 4.69) is 48.0 Å². The lowest BCUT2D eigenvalue weighted by atomic mass is 10.0. The standard InChI is InChI=1S/C26H27IN10O3/c1-2-18(14-38)36-8-6-22(33-36)32-25(28)21-10-17(27)12-35(21)23(39)13-37-20-4-3-15(16-5-7-30-31-11-16)9-19(20)24(34-37)26(29)40/h3-9,11,14,17-18,21H,2,10,12-13H2,1H3,(H2,29,40)(H2,28,32,33). The number of alkyl halides is 1. The number of fused-ring (bicyclic) bond motifs is 1.